The van der Waals surface area contributed by atoms with Gasteiger partial charge >= 0.3 is 0 Å². The van der Waals surface area contributed by atoms with Crippen LogP contribution in [0, 0.1) is 18.3 Å². The number of hydrogen-bond donors (Lipinski definition) is 2. The highest BCUT2D eigenvalue weighted by atomic mass is 35.5. The zero-order chi connectivity index (χ0) is 17.0. The van der Waals surface area contributed by atoms with Crippen molar-refractivity contribution in [2.75, 3.05) is 5.32 Å². The van der Waals surface area contributed by atoms with Crippen molar-refractivity contribution in [3.63, 3.8) is 0 Å². The molecule has 0 aliphatic rings. The van der Waals surface area contributed by atoms with Crippen molar-refractivity contribution in [1.82, 2.24) is 0 Å². The molecule has 6 heteroatoms. The van der Waals surface area contributed by atoms with Gasteiger partial charge in [0.2, 0.25) is 0 Å². The van der Waals surface area contributed by atoms with Crippen LogP contribution in [0.2, 0.25) is 10.0 Å². The summed E-state index contributed by atoms with van der Waals surface area (Å²) in [6, 6.07) is 11.7. The number of aryl methyl sites for hydroxylation is 1. The molecule has 0 heterocycles. The predicted octanol–water partition coefficient (Wildman–Crippen LogP) is 4.55. The number of phenols is 1. The highest BCUT2D eigenvalue weighted by Gasteiger charge is 2.13. The summed E-state index contributed by atoms with van der Waals surface area (Å²) in [6.07, 6.45) is 1.23. The molecule has 0 radical (unpaired) electrons. The Morgan fingerprint density at radius 2 is 1.91 bits per heavy atom. The van der Waals surface area contributed by atoms with Gasteiger partial charge in [0.25, 0.3) is 5.91 Å². The Bertz CT molecular complexity index is 822. The van der Waals surface area contributed by atoms with Crippen molar-refractivity contribution in [2.24, 2.45) is 0 Å². The van der Waals surface area contributed by atoms with E-state index in [1.165, 1.54) is 18.2 Å². The van der Waals surface area contributed by atoms with Crippen LogP contribution in [0.25, 0.3) is 6.08 Å². The second-order valence-corrected chi connectivity index (χ2v) is 5.66. The number of amides is 1. The Balaban J connectivity index is 2.30. The van der Waals surface area contributed by atoms with E-state index in [4.69, 9.17) is 23.2 Å². The molecule has 0 aliphatic carbocycles. The normalized spacial score (nSPS) is 11.0. The smallest absolute Gasteiger partial charge is 0.266 e. The number of aromatic hydroxyl groups is 1. The van der Waals surface area contributed by atoms with Gasteiger partial charge in [-0.05, 0) is 37.3 Å². The van der Waals surface area contributed by atoms with Gasteiger partial charge in [0, 0.05) is 16.3 Å². The molecule has 0 spiro atoms. The first kappa shape index (κ1) is 16.9. The van der Waals surface area contributed by atoms with Crippen molar-refractivity contribution >= 4 is 40.9 Å². The lowest BCUT2D eigenvalue weighted by Gasteiger charge is -2.06. The summed E-state index contributed by atoms with van der Waals surface area (Å²) >= 11 is 11.7. The van der Waals surface area contributed by atoms with Gasteiger partial charge < -0.3 is 10.4 Å². The van der Waals surface area contributed by atoms with Crippen LogP contribution in [-0.2, 0) is 4.79 Å². The van der Waals surface area contributed by atoms with Crippen LogP contribution in [0.4, 0.5) is 5.69 Å². The first-order valence-corrected chi connectivity index (χ1v) is 7.34. The van der Waals surface area contributed by atoms with Crippen LogP contribution in [0.5, 0.6) is 5.75 Å². The van der Waals surface area contributed by atoms with Crippen molar-refractivity contribution in [3.8, 4) is 11.8 Å². The molecule has 2 N–H and O–H groups in total. The zero-order valence-electron chi connectivity index (χ0n) is 12.1. The molecule has 1 amide bonds. The molecule has 2 rings (SSSR count). The average Bonchev–Trinajstić information content (AvgIpc) is 2.51. The third-order valence-corrected chi connectivity index (χ3v) is 3.54. The number of hydrogen-bond acceptors (Lipinski definition) is 3. The van der Waals surface area contributed by atoms with Crippen LogP contribution >= 0.6 is 23.2 Å². The number of phenolic OH excluding ortho intramolecular Hbond substituents is 1. The maximum atomic E-state index is 12.2. The Morgan fingerprint density at radius 1 is 1.26 bits per heavy atom. The van der Waals surface area contributed by atoms with Crippen LogP contribution in [0.15, 0.2) is 42.0 Å². The van der Waals surface area contributed by atoms with E-state index in [1.807, 2.05) is 19.1 Å². The van der Waals surface area contributed by atoms with Crippen LogP contribution < -0.4 is 5.32 Å². The Hall–Kier alpha value is -2.48. The Labute approximate surface area is 143 Å². The third kappa shape index (κ3) is 4.26. The van der Waals surface area contributed by atoms with Crippen LogP contribution in [-0.4, -0.2) is 11.0 Å². The van der Waals surface area contributed by atoms with Crippen molar-refractivity contribution < 1.29 is 9.90 Å². The molecule has 0 atom stereocenters. The minimum absolute atomic E-state index is 0.0417. The molecule has 23 heavy (non-hydrogen) atoms. The average molecular weight is 347 g/mol. The summed E-state index contributed by atoms with van der Waals surface area (Å²) in [7, 11) is 0. The van der Waals surface area contributed by atoms with E-state index in [9.17, 15) is 15.2 Å². The van der Waals surface area contributed by atoms with Gasteiger partial charge in [0.05, 0.1) is 5.02 Å². The van der Waals surface area contributed by atoms with Gasteiger partial charge in [-0.1, -0.05) is 40.9 Å². The molecule has 0 unspecified atom stereocenters. The van der Waals surface area contributed by atoms with E-state index in [1.54, 1.807) is 18.2 Å². The molecule has 2 aromatic rings. The zero-order valence-corrected chi connectivity index (χ0v) is 13.6. The van der Waals surface area contributed by atoms with E-state index < -0.39 is 5.91 Å². The molecular formula is C17H12Cl2N2O2. The number of nitriles is 1. The van der Waals surface area contributed by atoms with Crippen LogP contribution in [0.1, 0.15) is 11.1 Å². The SMILES string of the molecule is Cc1ccc(NC(=O)/C(C#N)=C/c2cc(Cl)cc(Cl)c2O)cc1. The van der Waals surface area contributed by atoms with Gasteiger partial charge in [0.1, 0.15) is 17.4 Å². The van der Waals surface area contributed by atoms with Crippen LogP contribution in [0.3, 0.4) is 0 Å². The summed E-state index contributed by atoms with van der Waals surface area (Å²) in [5.74, 6) is -0.834. The van der Waals surface area contributed by atoms with Crippen molar-refractivity contribution in [1.29, 1.82) is 5.26 Å². The molecule has 0 bridgehead atoms. The molecule has 0 saturated heterocycles. The fourth-order valence-corrected chi connectivity index (χ4v) is 2.34. The third-order valence-electron chi connectivity index (χ3n) is 3.03. The number of nitrogens with one attached hydrogen (secondary N) is 1. The predicted molar refractivity (Wildman–Crippen MR) is 91.5 cm³/mol. The molecular weight excluding hydrogens is 335 g/mol. The molecule has 116 valence electrons. The molecule has 4 nitrogen and oxygen atoms in total. The van der Waals surface area contributed by atoms with E-state index in [0.717, 1.165) is 5.56 Å². The standard InChI is InChI=1S/C17H12Cl2N2O2/c1-10-2-4-14(5-3-10)21-17(23)12(9-20)6-11-7-13(18)8-15(19)16(11)22/h2-8,22H,1H3,(H,21,23)/b12-6+. The Kier molecular flexibility index (Phi) is 5.28. The highest BCUT2D eigenvalue weighted by molar-refractivity contribution is 6.36. The van der Waals surface area contributed by atoms with Gasteiger partial charge in [-0.25, -0.2) is 0 Å². The molecule has 0 fully saturated rings. The van der Waals surface area contributed by atoms with E-state index in [2.05, 4.69) is 5.32 Å². The van der Waals surface area contributed by atoms with E-state index in [0.29, 0.717) is 5.69 Å². The molecule has 2 aromatic carbocycles. The van der Waals surface area contributed by atoms with Crippen molar-refractivity contribution in [2.45, 2.75) is 6.92 Å². The second-order valence-electron chi connectivity index (χ2n) is 4.82. The monoisotopic (exact) mass is 346 g/mol. The van der Waals surface area contributed by atoms with Crippen molar-refractivity contribution in [3.05, 3.63) is 63.1 Å². The second kappa shape index (κ2) is 7.19. The maximum Gasteiger partial charge on any atom is 0.266 e. The highest BCUT2D eigenvalue weighted by Crippen LogP contribution is 2.32. The number of rotatable bonds is 3. The summed E-state index contributed by atoms with van der Waals surface area (Å²) in [5.41, 5.74) is 1.63. The van der Waals surface area contributed by atoms with Gasteiger partial charge in [-0.15, -0.1) is 0 Å². The minimum atomic E-state index is -0.591. The van der Waals surface area contributed by atoms with Gasteiger partial charge in [-0.2, -0.15) is 5.26 Å². The first-order chi connectivity index (χ1) is 10.9. The Morgan fingerprint density at radius 3 is 2.52 bits per heavy atom. The number of nitrogens with zero attached hydrogens (tertiary/aromatic N) is 1. The number of anilines is 1. The summed E-state index contributed by atoms with van der Waals surface area (Å²) in [4.78, 5) is 12.2. The fraction of sp³-hybridized carbons (Fsp3) is 0.0588. The molecule has 0 aromatic heterocycles. The van der Waals surface area contributed by atoms with Gasteiger partial charge in [0.15, 0.2) is 0 Å². The van der Waals surface area contributed by atoms with E-state index in [-0.39, 0.29) is 26.9 Å². The number of benzene rings is 2. The number of halogens is 2. The number of carbonyl (C=O) groups is 1. The maximum absolute atomic E-state index is 12.2. The lowest BCUT2D eigenvalue weighted by Crippen LogP contribution is -2.13. The number of carbonyl (C=O) groups excluding carboxylic acids is 1. The largest absolute Gasteiger partial charge is 0.506 e. The summed E-state index contributed by atoms with van der Waals surface area (Å²) in [5, 5.41) is 22.0. The molecule has 0 saturated carbocycles. The molecule has 0 aliphatic heterocycles. The minimum Gasteiger partial charge on any atom is -0.506 e. The summed E-state index contributed by atoms with van der Waals surface area (Å²) in [6.45, 7) is 1.93. The van der Waals surface area contributed by atoms with E-state index >= 15 is 0 Å². The quantitative estimate of drug-likeness (QED) is 0.632. The fourth-order valence-electron chi connectivity index (χ4n) is 1.84. The van der Waals surface area contributed by atoms with Gasteiger partial charge in [-0.3, -0.25) is 4.79 Å². The topological polar surface area (TPSA) is 73.1 Å². The lowest BCUT2D eigenvalue weighted by molar-refractivity contribution is -0.112. The summed E-state index contributed by atoms with van der Waals surface area (Å²) < 4.78 is 0. The first-order valence-electron chi connectivity index (χ1n) is 6.58. The lowest BCUT2D eigenvalue weighted by atomic mass is 10.1.